The summed E-state index contributed by atoms with van der Waals surface area (Å²) < 4.78 is 0. The van der Waals surface area contributed by atoms with E-state index in [4.69, 9.17) is 10.8 Å². The van der Waals surface area contributed by atoms with Gasteiger partial charge in [-0.1, -0.05) is 12.2 Å². The Balaban J connectivity index is 3.26. The van der Waals surface area contributed by atoms with Gasteiger partial charge in [0.05, 0.1) is 0 Å². The average molecular weight is 105 g/mol. The first-order chi connectivity index (χ1) is 2.64. The average Bonchev–Trinajstić information content (AvgIpc) is 1.36. The van der Waals surface area contributed by atoms with E-state index in [0.717, 1.165) is 0 Å². The smallest absolute Gasteiger partial charge is 0.101 e. The molecule has 36 valence electrons. The second-order valence-electron chi connectivity index (χ2n) is 1.08. The molecule has 0 aliphatic rings. The minimum atomic E-state index is -0.639. The lowest BCUT2D eigenvalue weighted by molar-refractivity contribution is 0.263. The van der Waals surface area contributed by atoms with Gasteiger partial charge in [0.1, 0.15) is 11.1 Å². The van der Waals surface area contributed by atoms with Crippen LogP contribution < -0.4 is 5.73 Å². The summed E-state index contributed by atoms with van der Waals surface area (Å²) in [6.45, 7) is 1.53. The summed E-state index contributed by atoms with van der Waals surface area (Å²) in [7, 11) is 0. The Bertz CT molecular complexity index is 61.8. The molecule has 0 saturated heterocycles. The summed E-state index contributed by atoms with van der Waals surface area (Å²) in [6, 6.07) is 0. The largest absolute Gasteiger partial charge is 0.391 e. The normalized spacial score (nSPS) is 13.7. The van der Waals surface area contributed by atoms with Crippen LogP contribution in [-0.2, 0) is 0 Å². The molecular formula is C3H7NOS. The van der Waals surface area contributed by atoms with Crippen LogP contribution in [0.1, 0.15) is 6.92 Å². The van der Waals surface area contributed by atoms with Gasteiger partial charge in [-0.25, -0.2) is 0 Å². The maximum absolute atomic E-state index is 8.36. The van der Waals surface area contributed by atoms with Crippen LogP contribution in [0.3, 0.4) is 0 Å². The third-order valence-corrected chi connectivity index (χ3v) is 0.753. The van der Waals surface area contributed by atoms with Crippen LogP contribution in [-0.4, -0.2) is 16.2 Å². The van der Waals surface area contributed by atoms with E-state index in [1.165, 1.54) is 6.92 Å². The predicted molar refractivity (Wildman–Crippen MR) is 28.5 cm³/mol. The van der Waals surface area contributed by atoms with E-state index in [1.807, 2.05) is 0 Å². The molecule has 0 spiro atoms. The molecule has 0 aromatic heterocycles. The molecule has 0 rings (SSSR count). The molecule has 0 aromatic rings. The Kier molecular flexibility index (Phi) is 2.05. The van der Waals surface area contributed by atoms with Crippen molar-refractivity contribution in [2.24, 2.45) is 5.73 Å². The summed E-state index contributed by atoms with van der Waals surface area (Å²) in [5.41, 5.74) is 4.92. The second-order valence-corrected chi connectivity index (χ2v) is 1.55. The SMILES string of the molecule is CC(O)C(N)=S. The van der Waals surface area contributed by atoms with Crippen molar-refractivity contribution in [2.45, 2.75) is 13.0 Å². The lowest BCUT2D eigenvalue weighted by Gasteiger charge is -1.94. The third kappa shape index (κ3) is 2.11. The molecule has 2 nitrogen and oxygen atoms in total. The van der Waals surface area contributed by atoms with Gasteiger partial charge in [0.15, 0.2) is 0 Å². The molecule has 1 unspecified atom stereocenters. The van der Waals surface area contributed by atoms with E-state index in [0.29, 0.717) is 0 Å². The number of hydrogen-bond donors (Lipinski definition) is 2. The van der Waals surface area contributed by atoms with Gasteiger partial charge in [-0.05, 0) is 6.92 Å². The minimum absolute atomic E-state index is 0.148. The fraction of sp³-hybridized carbons (Fsp3) is 0.667. The highest BCUT2D eigenvalue weighted by molar-refractivity contribution is 7.80. The molecule has 0 aromatic carbocycles. The Morgan fingerprint density at radius 1 is 2.00 bits per heavy atom. The van der Waals surface area contributed by atoms with Crippen LogP contribution in [0.4, 0.5) is 0 Å². The predicted octanol–water partition coefficient (Wildman–Crippen LogP) is -0.347. The van der Waals surface area contributed by atoms with Crippen LogP contribution >= 0.6 is 12.2 Å². The number of thiocarbonyl (C=S) groups is 1. The van der Waals surface area contributed by atoms with E-state index >= 15 is 0 Å². The van der Waals surface area contributed by atoms with Gasteiger partial charge in [0, 0.05) is 0 Å². The molecule has 0 aliphatic heterocycles. The maximum Gasteiger partial charge on any atom is 0.101 e. The van der Waals surface area contributed by atoms with Crippen molar-refractivity contribution in [3.8, 4) is 0 Å². The van der Waals surface area contributed by atoms with Gasteiger partial charge in [-0.2, -0.15) is 0 Å². The van der Waals surface area contributed by atoms with Crippen molar-refractivity contribution < 1.29 is 5.11 Å². The monoisotopic (exact) mass is 105 g/mol. The standard InChI is InChI=1S/C3H7NOS/c1-2(5)3(4)6/h2,5H,1H3,(H2,4,6). The van der Waals surface area contributed by atoms with Crippen molar-refractivity contribution in [2.75, 3.05) is 0 Å². The molecule has 0 heterocycles. The first-order valence-electron chi connectivity index (χ1n) is 1.62. The first-order valence-corrected chi connectivity index (χ1v) is 2.03. The Morgan fingerprint density at radius 3 is 2.17 bits per heavy atom. The molecule has 3 N–H and O–H groups in total. The fourth-order valence-electron chi connectivity index (χ4n) is 0. The fourth-order valence-corrected chi connectivity index (χ4v) is 0. The van der Waals surface area contributed by atoms with E-state index in [2.05, 4.69) is 12.2 Å². The van der Waals surface area contributed by atoms with Crippen molar-refractivity contribution in [3.05, 3.63) is 0 Å². The van der Waals surface area contributed by atoms with Gasteiger partial charge in [-0.3, -0.25) is 0 Å². The molecule has 0 bridgehead atoms. The first kappa shape index (κ1) is 5.85. The third-order valence-electron chi connectivity index (χ3n) is 0.412. The molecular weight excluding hydrogens is 98.1 g/mol. The Labute approximate surface area is 42.0 Å². The Hall–Kier alpha value is -0.150. The van der Waals surface area contributed by atoms with Crippen LogP contribution in [0.25, 0.3) is 0 Å². The van der Waals surface area contributed by atoms with Crippen molar-refractivity contribution >= 4 is 17.2 Å². The van der Waals surface area contributed by atoms with Crippen molar-refractivity contribution in [1.29, 1.82) is 0 Å². The van der Waals surface area contributed by atoms with Gasteiger partial charge >= 0.3 is 0 Å². The number of rotatable bonds is 1. The van der Waals surface area contributed by atoms with Gasteiger partial charge in [-0.15, -0.1) is 0 Å². The molecule has 0 saturated carbocycles. The summed E-state index contributed by atoms with van der Waals surface area (Å²) >= 11 is 4.35. The molecule has 1 atom stereocenters. The quantitative estimate of drug-likeness (QED) is 0.448. The molecule has 0 fully saturated rings. The van der Waals surface area contributed by atoms with E-state index < -0.39 is 6.10 Å². The molecule has 0 radical (unpaired) electrons. The zero-order valence-electron chi connectivity index (χ0n) is 3.51. The molecule has 3 heteroatoms. The highest BCUT2D eigenvalue weighted by Crippen LogP contribution is 1.75. The summed E-state index contributed by atoms with van der Waals surface area (Å²) in [5, 5.41) is 8.36. The number of aliphatic hydroxyl groups excluding tert-OH is 1. The molecule has 0 amide bonds. The summed E-state index contributed by atoms with van der Waals surface area (Å²) in [4.78, 5) is 0.148. The van der Waals surface area contributed by atoms with Gasteiger partial charge < -0.3 is 10.8 Å². The Morgan fingerprint density at radius 2 is 2.17 bits per heavy atom. The lowest BCUT2D eigenvalue weighted by Crippen LogP contribution is -2.22. The van der Waals surface area contributed by atoms with Gasteiger partial charge in [0.2, 0.25) is 0 Å². The van der Waals surface area contributed by atoms with Crippen LogP contribution in [0.5, 0.6) is 0 Å². The van der Waals surface area contributed by atoms with Crippen LogP contribution in [0.15, 0.2) is 0 Å². The molecule has 6 heavy (non-hydrogen) atoms. The van der Waals surface area contributed by atoms with Crippen molar-refractivity contribution in [1.82, 2.24) is 0 Å². The summed E-state index contributed by atoms with van der Waals surface area (Å²) in [5.74, 6) is 0. The second kappa shape index (κ2) is 2.10. The number of aliphatic hydroxyl groups is 1. The minimum Gasteiger partial charge on any atom is -0.391 e. The lowest BCUT2D eigenvalue weighted by atomic mass is 10.4. The number of nitrogens with two attached hydrogens (primary N) is 1. The topological polar surface area (TPSA) is 46.2 Å². The number of hydrogen-bond acceptors (Lipinski definition) is 2. The van der Waals surface area contributed by atoms with Crippen LogP contribution in [0, 0.1) is 0 Å². The van der Waals surface area contributed by atoms with Crippen LogP contribution in [0.2, 0.25) is 0 Å². The molecule has 0 aliphatic carbocycles. The maximum atomic E-state index is 8.36. The van der Waals surface area contributed by atoms with Gasteiger partial charge in [0.25, 0.3) is 0 Å². The van der Waals surface area contributed by atoms with E-state index in [9.17, 15) is 0 Å². The zero-order valence-corrected chi connectivity index (χ0v) is 4.33. The zero-order chi connectivity index (χ0) is 5.15. The van der Waals surface area contributed by atoms with E-state index in [1.54, 1.807) is 0 Å². The van der Waals surface area contributed by atoms with Crippen molar-refractivity contribution in [3.63, 3.8) is 0 Å². The highest BCUT2D eigenvalue weighted by atomic mass is 32.1. The van der Waals surface area contributed by atoms with E-state index in [-0.39, 0.29) is 4.99 Å². The highest BCUT2D eigenvalue weighted by Gasteiger charge is 1.93. The summed E-state index contributed by atoms with van der Waals surface area (Å²) in [6.07, 6.45) is -0.639.